The van der Waals surface area contributed by atoms with Crippen LogP contribution in [0.3, 0.4) is 0 Å². The van der Waals surface area contributed by atoms with Crippen molar-refractivity contribution in [1.82, 2.24) is 4.90 Å². The summed E-state index contributed by atoms with van der Waals surface area (Å²) < 4.78 is 12.6. The number of carbonyl (C=O) groups excluding carboxylic acids is 2. The highest BCUT2D eigenvalue weighted by Crippen LogP contribution is 2.61. The smallest absolute Gasteiger partial charge is 0.268 e. The Morgan fingerprint density at radius 2 is 1.57 bits per heavy atom. The number of hydrogen-bond acceptors (Lipinski definition) is 5. The minimum absolute atomic E-state index is 0.0784. The van der Waals surface area contributed by atoms with E-state index in [0.717, 1.165) is 28.3 Å². The molecule has 0 aliphatic carbocycles. The third kappa shape index (κ3) is 5.44. The first-order chi connectivity index (χ1) is 22.2. The van der Waals surface area contributed by atoms with Crippen molar-refractivity contribution in [3.63, 3.8) is 0 Å². The van der Waals surface area contributed by atoms with E-state index < -0.39 is 19.8 Å². The molecule has 8 heteroatoms. The summed E-state index contributed by atoms with van der Waals surface area (Å²) in [4.78, 5) is 32.5. The lowest BCUT2D eigenvalue weighted by Crippen LogP contribution is -2.52. The normalized spacial score (nSPS) is 22.2. The monoisotopic (exact) mass is 634 g/mol. The second-order valence-corrected chi connectivity index (χ2v) is 17.6. The first kappa shape index (κ1) is 31.7. The van der Waals surface area contributed by atoms with E-state index in [2.05, 4.69) is 32.2 Å². The van der Waals surface area contributed by atoms with Crippen LogP contribution < -0.4 is 14.8 Å². The van der Waals surface area contributed by atoms with Crippen LogP contribution in [0.1, 0.15) is 24.5 Å². The maximum Gasteiger partial charge on any atom is 0.268 e. The van der Waals surface area contributed by atoms with Crippen LogP contribution in [0.4, 0.5) is 11.4 Å². The number of rotatable bonds is 10. The third-order valence-corrected chi connectivity index (χ3v) is 14.3. The Labute approximate surface area is 272 Å². The lowest BCUT2D eigenvalue weighted by molar-refractivity contribution is -0.149. The summed E-state index contributed by atoms with van der Waals surface area (Å²) in [6, 6.07) is 35.6. The minimum Gasteiger partial charge on any atom is -0.497 e. The SMILES string of the molecule is COc1ccc([Si](C)(C)[C@@H]2[C@@H](CC(=O)N(CCO)Cc3ccccc3)O[C@]3(C(=O)N(c4ccccc4)c4ccccc43)[C@H]2C)cc1. The molecule has 1 spiro atoms. The van der Waals surface area contributed by atoms with Crippen molar-refractivity contribution in [2.45, 2.75) is 50.2 Å². The first-order valence-electron chi connectivity index (χ1n) is 16.0. The number of aliphatic hydroxyl groups excluding tert-OH is 1. The van der Waals surface area contributed by atoms with Crippen LogP contribution in [0.15, 0.2) is 109 Å². The van der Waals surface area contributed by atoms with Gasteiger partial charge in [0.05, 0.1) is 40.0 Å². The van der Waals surface area contributed by atoms with Crippen LogP contribution in [-0.2, 0) is 26.5 Å². The average Bonchev–Trinajstić information content (AvgIpc) is 3.51. The van der Waals surface area contributed by atoms with Gasteiger partial charge in [0.2, 0.25) is 5.91 Å². The minimum atomic E-state index is -2.42. The summed E-state index contributed by atoms with van der Waals surface area (Å²) in [5.41, 5.74) is 2.10. The van der Waals surface area contributed by atoms with Crippen LogP contribution in [0.25, 0.3) is 0 Å². The van der Waals surface area contributed by atoms with E-state index >= 15 is 0 Å². The molecule has 0 radical (unpaired) electrons. The third-order valence-electron chi connectivity index (χ3n) is 9.98. The van der Waals surface area contributed by atoms with Gasteiger partial charge in [0.25, 0.3) is 5.91 Å². The van der Waals surface area contributed by atoms with Crippen molar-refractivity contribution in [3.05, 3.63) is 120 Å². The molecule has 4 aromatic carbocycles. The lowest BCUT2D eigenvalue weighted by atomic mass is 9.82. The van der Waals surface area contributed by atoms with Gasteiger partial charge < -0.3 is 19.5 Å². The molecule has 0 bridgehead atoms. The number of hydrogen-bond donors (Lipinski definition) is 1. The summed E-state index contributed by atoms with van der Waals surface area (Å²) in [6.07, 6.45) is -0.410. The van der Waals surface area contributed by atoms with Crippen LogP contribution >= 0.6 is 0 Å². The number of anilines is 2. The number of ether oxygens (including phenoxy) is 2. The first-order valence-corrected chi connectivity index (χ1v) is 19.0. The highest BCUT2D eigenvalue weighted by molar-refractivity contribution is 6.91. The average molecular weight is 635 g/mol. The van der Waals surface area contributed by atoms with E-state index in [1.807, 2.05) is 97.1 Å². The second kappa shape index (κ2) is 12.9. The van der Waals surface area contributed by atoms with Gasteiger partial charge in [-0.2, -0.15) is 0 Å². The molecule has 4 aromatic rings. The van der Waals surface area contributed by atoms with Crippen LogP contribution in [0.5, 0.6) is 5.75 Å². The quantitative estimate of drug-likeness (QED) is 0.217. The highest BCUT2D eigenvalue weighted by atomic mass is 28.3. The predicted molar refractivity (Wildman–Crippen MR) is 183 cm³/mol. The fourth-order valence-electron chi connectivity index (χ4n) is 7.74. The van der Waals surface area contributed by atoms with Gasteiger partial charge in [-0.1, -0.05) is 104 Å². The Morgan fingerprint density at radius 3 is 2.22 bits per heavy atom. The maximum absolute atomic E-state index is 14.9. The van der Waals surface area contributed by atoms with E-state index in [4.69, 9.17) is 9.47 Å². The summed E-state index contributed by atoms with van der Waals surface area (Å²) in [5.74, 6) is 0.335. The zero-order chi connectivity index (χ0) is 32.5. The molecule has 1 N–H and O–H groups in total. The van der Waals surface area contributed by atoms with Gasteiger partial charge in [-0.15, -0.1) is 0 Å². The van der Waals surface area contributed by atoms with Gasteiger partial charge in [0.1, 0.15) is 5.75 Å². The molecule has 1 saturated heterocycles. The number of benzene rings is 4. The van der Waals surface area contributed by atoms with Gasteiger partial charge in [-0.25, -0.2) is 0 Å². The Hall–Kier alpha value is -4.24. The van der Waals surface area contributed by atoms with Crippen LogP contribution in [0, 0.1) is 5.92 Å². The molecule has 0 saturated carbocycles. The Bertz CT molecular complexity index is 1680. The molecular formula is C38H42N2O5Si. The van der Waals surface area contributed by atoms with Crippen molar-refractivity contribution in [2.24, 2.45) is 5.92 Å². The molecule has 1 fully saturated rings. The molecular weight excluding hydrogens is 593 g/mol. The molecule has 2 aliphatic heterocycles. The van der Waals surface area contributed by atoms with E-state index in [-0.39, 0.29) is 42.8 Å². The zero-order valence-electron chi connectivity index (χ0n) is 26.9. The zero-order valence-corrected chi connectivity index (χ0v) is 27.9. The van der Waals surface area contributed by atoms with E-state index in [9.17, 15) is 14.7 Å². The van der Waals surface area contributed by atoms with Crippen molar-refractivity contribution in [2.75, 3.05) is 25.2 Å². The van der Waals surface area contributed by atoms with Gasteiger partial charge in [-0.3, -0.25) is 14.5 Å². The summed E-state index contributed by atoms with van der Waals surface area (Å²) in [6.45, 7) is 7.22. The van der Waals surface area contributed by atoms with Gasteiger partial charge in [0, 0.05) is 30.3 Å². The van der Waals surface area contributed by atoms with Crippen LogP contribution in [-0.4, -0.2) is 56.3 Å². The number of fused-ring (bicyclic) bond motifs is 2. The number of methoxy groups -OCH3 is 1. The van der Waals surface area contributed by atoms with Crippen molar-refractivity contribution in [1.29, 1.82) is 0 Å². The largest absolute Gasteiger partial charge is 0.497 e. The molecule has 0 aromatic heterocycles. The fourth-order valence-corrected chi connectivity index (χ4v) is 11.8. The standard InChI is InChI=1S/C38H42N2O5Si/c1-27-36(46(3,4)31-21-19-30(44-2)20-22-31)34(25-35(42)39(23-24-41)26-28-13-7-5-8-14-28)45-38(27)32-17-11-12-18-33(32)40(37(38)43)29-15-9-6-10-16-29/h5-22,27,34,36,41H,23-26H2,1-4H3/t27-,34+,36-,38+/m0/s1. The van der Waals surface area contributed by atoms with E-state index in [1.54, 1.807) is 16.9 Å². The molecule has 2 heterocycles. The molecule has 0 unspecified atom stereocenters. The number of carbonyl (C=O) groups is 2. The topological polar surface area (TPSA) is 79.3 Å². The van der Waals surface area contributed by atoms with Crippen LogP contribution in [0.2, 0.25) is 18.6 Å². The molecule has 2 aliphatic rings. The second-order valence-electron chi connectivity index (χ2n) is 12.9. The summed E-state index contributed by atoms with van der Waals surface area (Å²) in [5, 5.41) is 11.1. The number of nitrogens with zero attached hydrogens (tertiary/aromatic N) is 2. The number of para-hydroxylation sites is 2. The van der Waals surface area contributed by atoms with Crippen molar-refractivity contribution < 1.29 is 24.2 Å². The Balaban J connectivity index is 1.43. The van der Waals surface area contributed by atoms with Gasteiger partial charge in [-0.05, 0) is 41.4 Å². The maximum atomic E-state index is 14.9. The van der Waals surface area contributed by atoms with Gasteiger partial charge >= 0.3 is 0 Å². The van der Waals surface area contributed by atoms with Crippen molar-refractivity contribution >= 4 is 36.4 Å². The molecule has 4 atom stereocenters. The summed E-state index contributed by atoms with van der Waals surface area (Å²) in [7, 11) is -0.762. The molecule has 2 amide bonds. The Morgan fingerprint density at radius 1 is 0.935 bits per heavy atom. The Kier molecular flexibility index (Phi) is 8.88. The van der Waals surface area contributed by atoms with Gasteiger partial charge in [0.15, 0.2) is 5.60 Å². The number of amides is 2. The number of aliphatic hydroxyl groups is 1. The van der Waals surface area contributed by atoms with E-state index in [0.29, 0.717) is 6.54 Å². The lowest BCUT2D eigenvalue weighted by Gasteiger charge is -2.37. The molecule has 46 heavy (non-hydrogen) atoms. The van der Waals surface area contributed by atoms with E-state index in [1.165, 1.54) is 5.19 Å². The summed E-state index contributed by atoms with van der Waals surface area (Å²) >= 11 is 0. The van der Waals surface area contributed by atoms with Crippen molar-refractivity contribution in [3.8, 4) is 5.75 Å². The fraction of sp³-hybridized carbons (Fsp3) is 0.316. The molecule has 238 valence electrons. The predicted octanol–water partition coefficient (Wildman–Crippen LogP) is 6.00. The molecule has 7 nitrogen and oxygen atoms in total. The highest BCUT2D eigenvalue weighted by Gasteiger charge is 2.66. The molecule has 6 rings (SSSR count).